The third-order valence-electron chi connectivity index (χ3n) is 4.84. The van der Waals surface area contributed by atoms with Crippen LogP contribution in [0.5, 0.6) is 0 Å². The lowest BCUT2D eigenvalue weighted by atomic mass is 9.97. The van der Waals surface area contributed by atoms with E-state index >= 15 is 0 Å². The molecule has 1 aliphatic rings. The van der Waals surface area contributed by atoms with Gasteiger partial charge >= 0.3 is 5.97 Å². The lowest BCUT2D eigenvalue weighted by Gasteiger charge is -2.25. The molecule has 142 valence electrons. The number of hydrogen-bond acceptors (Lipinski definition) is 5. The highest BCUT2D eigenvalue weighted by Crippen LogP contribution is 2.24. The summed E-state index contributed by atoms with van der Waals surface area (Å²) < 4.78 is 5.75. The van der Waals surface area contributed by atoms with Crippen LogP contribution in [0, 0.1) is 10.1 Å². The number of benzene rings is 2. The number of nitro groups is 1. The lowest BCUT2D eigenvalue weighted by molar-refractivity contribution is -0.384. The predicted octanol–water partition coefficient (Wildman–Crippen LogP) is 4.30. The average Bonchev–Trinajstić information content (AvgIpc) is 2.70. The molecule has 3 rings (SSSR count). The number of nitrogens with zero attached hydrogens (tertiary/aromatic N) is 1. The molecule has 1 saturated carbocycles. The fraction of sp³-hybridized carbons (Fsp3) is 0.381. The fourth-order valence-electron chi connectivity index (χ4n) is 3.40. The number of carbonyl (C=O) groups excluding carboxylic acids is 1. The molecule has 0 bridgehead atoms. The first-order valence-corrected chi connectivity index (χ1v) is 9.35. The van der Waals surface area contributed by atoms with Crippen molar-refractivity contribution in [3.05, 3.63) is 75.8 Å². The van der Waals surface area contributed by atoms with E-state index in [2.05, 4.69) is 5.32 Å². The first kappa shape index (κ1) is 19.0. The lowest BCUT2D eigenvalue weighted by Crippen LogP contribution is -2.33. The molecule has 0 amide bonds. The van der Waals surface area contributed by atoms with Gasteiger partial charge in [-0.15, -0.1) is 0 Å². The van der Waals surface area contributed by atoms with E-state index in [1.807, 2.05) is 30.3 Å². The van der Waals surface area contributed by atoms with Crippen molar-refractivity contribution in [1.29, 1.82) is 0 Å². The van der Waals surface area contributed by atoms with Crippen LogP contribution in [0.2, 0.25) is 0 Å². The molecule has 1 atom stereocenters. The number of rotatable bonds is 7. The Morgan fingerprint density at radius 3 is 2.56 bits per heavy atom. The second-order valence-electron chi connectivity index (χ2n) is 6.85. The molecule has 2 aromatic rings. The highest BCUT2D eigenvalue weighted by atomic mass is 16.6. The molecule has 0 aliphatic heterocycles. The zero-order valence-corrected chi connectivity index (χ0v) is 15.2. The van der Waals surface area contributed by atoms with Gasteiger partial charge in [0.15, 0.2) is 0 Å². The molecule has 1 fully saturated rings. The van der Waals surface area contributed by atoms with E-state index in [4.69, 9.17) is 4.74 Å². The molecule has 2 aromatic carbocycles. The summed E-state index contributed by atoms with van der Waals surface area (Å²) in [5.41, 5.74) is 1.61. The Morgan fingerprint density at radius 1 is 1.11 bits per heavy atom. The first-order chi connectivity index (χ1) is 13.1. The average molecular weight is 368 g/mol. The van der Waals surface area contributed by atoms with E-state index in [9.17, 15) is 14.9 Å². The van der Waals surface area contributed by atoms with Gasteiger partial charge in [-0.1, -0.05) is 48.9 Å². The molecule has 27 heavy (non-hydrogen) atoms. The van der Waals surface area contributed by atoms with Crippen LogP contribution in [0.15, 0.2) is 54.6 Å². The van der Waals surface area contributed by atoms with Crippen molar-refractivity contribution < 1.29 is 14.5 Å². The van der Waals surface area contributed by atoms with Gasteiger partial charge in [0.05, 0.1) is 4.92 Å². The van der Waals surface area contributed by atoms with Gasteiger partial charge in [0.1, 0.15) is 12.1 Å². The van der Waals surface area contributed by atoms with Crippen LogP contribution in [0.25, 0.3) is 0 Å². The summed E-state index contributed by atoms with van der Waals surface area (Å²) >= 11 is 0. The molecular formula is C21H24N2O4. The zero-order chi connectivity index (χ0) is 19.1. The normalized spacial score (nSPS) is 15.9. The summed E-state index contributed by atoms with van der Waals surface area (Å²) in [6, 6.07) is 15.2. The summed E-state index contributed by atoms with van der Waals surface area (Å²) in [5, 5.41) is 14.2. The zero-order valence-electron chi connectivity index (χ0n) is 15.2. The van der Waals surface area contributed by atoms with Gasteiger partial charge in [0.2, 0.25) is 0 Å². The number of non-ortho nitro benzene ring substituents is 1. The van der Waals surface area contributed by atoms with Crippen LogP contribution < -0.4 is 5.32 Å². The smallest absolute Gasteiger partial charge is 0.328 e. The molecule has 6 heteroatoms. The Morgan fingerprint density at radius 2 is 1.85 bits per heavy atom. The Labute approximate surface area is 158 Å². The maximum absolute atomic E-state index is 12.8. The summed E-state index contributed by atoms with van der Waals surface area (Å²) in [6.07, 6.45) is 5.19. The van der Waals surface area contributed by atoms with Crippen molar-refractivity contribution in [2.45, 2.75) is 50.8 Å². The topological polar surface area (TPSA) is 81.5 Å². The van der Waals surface area contributed by atoms with Crippen LogP contribution >= 0.6 is 0 Å². The first-order valence-electron chi connectivity index (χ1n) is 9.35. The highest BCUT2D eigenvalue weighted by Gasteiger charge is 2.26. The van der Waals surface area contributed by atoms with Gasteiger partial charge in [0, 0.05) is 18.7 Å². The summed E-state index contributed by atoms with van der Waals surface area (Å²) in [5.74, 6) is -0.293. The molecule has 0 heterocycles. The molecule has 0 aromatic heterocycles. The quantitative estimate of drug-likeness (QED) is 0.448. The number of esters is 1. The molecule has 0 unspecified atom stereocenters. The van der Waals surface area contributed by atoms with Crippen molar-refractivity contribution in [2.75, 3.05) is 0 Å². The maximum atomic E-state index is 12.8. The summed E-state index contributed by atoms with van der Waals surface area (Å²) in [6.45, 7) is 0.334. The molecule has 0 radical (unpaired) electrons. The monoisotopic (exact) mass is 368 g/mol. The Balaban J connectivity index is 1.71. The van der Waals surface area contributed by atoms with Crippen molar-refractivity contribution >= 4 is 11.7 Å². The third-order valence-corrected chi connectivity index (χ3v) is 4.84. The third kappa shape index (κ3) is 5.37. The van der Waals surface area contributed by atoms with Crippen molar-refractivity contribution in [1.82, 2.24) is 5.32 Å². The largest absolute Gasteiger partial charge is 0.461 e. The van der Waals surface area contributed by atoms with Gasteiger partial charge in [-0.2, -0.15) is 0 Å². The number of hydrogen-bond donors (Lipinski definition) is 1. The Kier molecular flexibility index (Phi) is 6.54. The van der Waals surface area contributed by atoms with Gasteiger partial charge in [-0.3, -0.25) is 15.4 Å². The van der Waals surface area contributed by atoms with E-state index in [1.165, 1.54) is 18.6 Å². The predicted molar refractivity (Wildman–Crippen MR) is 102 cm³/mol. The van der Waals surface area contributed by atoms with E-state index in [0.29, 0.717) is 6.54 Å². The second-order valence-corrected chi connectivity index (χ2v) is 6.85. The van der Waals surface area contributed by atoms with Crippen LogP contribution in [-0.2, 0) is 16.1 Å². The van der Waals surface area contributed by atoms with Crippen molar-refractivity contribution in [3.63, 3.8) is 0 Å². The summed E-state index contributed by atoms with van der Waals surface area (Å²) in [4.78, 5) is 23.3. The van der Waals surface area contributed by atoms with E-state index in [0.717, 1.165) is 36.8 Å². The maximum Gasteiger partial charge on any atom is 0.328 e. The summed E-state index contributed by atoms with van der Waals surface area (Å²) in [7, 11) is 0. The van der Waals surface area contributed by atoms with Gasteiger partial charge in [-0.25, -0.2) is 4.79 Å². The number of ether oxygens (including phenoxy) is 1. The number of carbonyl (C=O) groups is 1. The molecule has 6 nitrogen and oxygen atoms in total. The van der Waals surface area contributed by atoms with Crippen LogP contribution in [0.4, 0.5) is 5.69 Å². The minimum atomic E-state index is -0.604. The SMILES string of the molecule is O=C(OC1CCCCC1)[C@@H](NCc1cccc([N+](=O)[O-])c1)c1ccccc1. The van der Waals surface area contributed by atoms with Gasteiger partial charge in [-0.05, 0) is 36.8 Å². The van der Waals surface area contributed by atoms with E-state index in [1.54, 1.807) is 12.1 Å². The minimum Gasteiger partial charge on any atom is -0.461 e. The fourth-order valence-corrected chi connectivity index (χ4v) is 3.40. The Hall–Kier alpha value is -2.73. The van der Waals surface area contributed by atoms with Crippen LogP contribution in [-0.4, -0.2) is 17.0 Å². The van der Waals surface area contributed by atoms with E-state index in [-0.39, 0.29) is 17.8 Å². The second kappa shape index (κ2) is 9.28. The standard InChI is InChI=1S/C21H24N2O4/c24-21(27-19-12-5-2-6-13-19)20(17-9-3-1-4-10-17)22-15-16-8-7-11-18(14-16)23(25)26/h1,3-4,7-11,14,19-20,22H,2,5-6,12-13,15H2/t20-/m0/s1. The number of nitrogens with one attached hydrogen (secondary N) is 1. The van der Waals surface area contributed by atoms with Crippen LogP contribution in [0.1, 0.15) is 49.3 Å². The van der Waals surface area contributed by atoms with E-state index < -0.39 is 11.0 Å². The van der Waals surface area contributed by atoms with Gasteiger partial charge in [0.25, 0.3) is 5.69 Å². The molecule has 0 saturated heterocycles. The van der Waals surface area contributed by atoms with Crippen molar-refractivity contribution in [2.24, 2.45) is 0 Å². The van der Waals surface area contributed by atoms with Crippen molar-refractivity contribution in [3.8, 4) is 0 Å². The van der Waals surface area contributed by atoms with Crippen LogP contribution in [0.3, 0.4) is 0 Å². The molecular weight excluding hydrogens is 344 g/mol. The highest BCUT2D eigenvalue weighted by molar-refractivity contribution is 5.77. The molecule has 1 N–H and O–H groups in total. The Bertz CT molecular complexity index is 773. The molecule has 1 aliphatic carbocycles. The minimum absolute atomic E-state index is 0.0166. The molecule has 0 spiro atoms. The number of nitro benzene ring substituents is 1. The van der Waals surface area contributed by atoms with Gasteiger partial charge < -0.3 is 4.74 Å².